The number of hydrogen-bond donors (Lipinski definition) is 1. The Balaban J connectivity index is 1.91. The first kappa shape index (κ1) is 16.7. The number of aromatic nitrogens is 4. The molecule has 0 aliphatic heterocycles. The first-order valence-electron chi connectivity index (χ1n) is 7.24. The van der Waals surface area contributed by atoms with E-state index < -0.39 is 4.92 Å². The number of carbonyl (C=O) groups excluding carboxylic acids is 1. The summed E-state index contributed by atoms with van der Waals surface area (Å²) in [4.78, 5) is 22.4. The van der Waals surface area contributed by atoms with Crippen LogP contribution in [-0.2, 0) is 24.9 Å². The fourth-order valence-corrected chi connectivity index (χ4v) is 2.48. The Labute approximate surface area is 133 Å². The SMILES string of the molecule is Cc1cc(CNC(=O)CCn2nc(C)c([N+](=O)[O-])c2C)n(C)n1. The smallest absolute Gasteiger partial charge is 0.312 e. The molecule has 0 atom stereocenters. The molecule has 2 aromatic heterocycles. The van der Waals surface area contributed by atoms with E-state index in [0.29, 0.717) is 24.5 Å². The molecule has 0 bridgehead atoms. The van der Waals surface area contributed by atoms with E-state index in [1.54, 1.807) is 18.5 Å². The van der Waals surface area contributed by atoms with E-state index in [9.17, 15) is 14.9 Å². The minimum atomic E-state index is -0.445. The van der Waals surface area contributed by atoms with Crippen molar-refractivity contribution in [2.75, 3.05) is 0 Å². The monoisotopic (exact) mass is 320 g/mol. The predicted molar refractivity (Wildman–Crippen MR) is 82.8 cm³/mol. The highest BCUT2D eigenvalue weighted by Crippen LogP contribution is 2.21. The molecule has 23 heavy (non-hydrogen) atoms. The molecule has 0 aliphatic rings. The first-order valence-corrected chi connectivity index (χ1v) is 7.24. The second kappa shape index (κ2) is 6.59. The number of amides is 1. The topological polar surface area (TPSA) is 108 Å². The molecule has 2 rings (SSSR count). The number of nitro groups is 1. The normalized spacial score (nSPS) is 10.8. The highest BCUT2D eigenvalue weighted by molar-refractivity contribution is 5.75. The molecule has 9 heteroatoms. The lowest BCUT2D eigenvalue weighted by atomic mass is 10.3. The van der Waals surface area contributed by atoms with Crippen molar-refractivity contribution in [2.45, 2.75) is 40.3 Å². The molecule has 1 amide bonds. The van der Waals surface area contributed by atoms with Crippen LogP contribution in [-0.4, -0.2) is 30.4 Å². The van der Waals surface area contributed by atoms with Gasteiger partial charge in [0.15, 0.2) is 0 Å². The quantitative estimate of drug-likeness (QED) is 0.634. The van der Waals surface area contributed by atoms with E-state index in [4.69, 9.17) is 0 Å². The summed E-state index contributed by atoms with van der Waals surface area (Å²) in [6.07, 6.45) is 0.204. The molecule has 0 spiro atoms. The van der Waals surface area contributed by atoms with Crippen molar-refractivity contribution in [1.82, 2.24) is 24.9 Å². The van der Waals surface area contributed by atoms with Crippen LogP contribution in [0.2, 0.25) is 0 Å². The second-order valence-corrected chi connectivity index (χ2v) is 5.43. The summed E-state index contributed by atoms with van der Waals surface area (Å²) < 4.78 is 3.22. The first-order chi connectivity index (χ1) is 10.8. The third kappa shape index (κ3) is 3.74. The largest absolute Gasteiger partial charge is 0.350 e. The maximum Gasteiger partial charge on any atom is 0.312 e. The van der Waals surface area contributed by atoms with Gasteiger partial charge < -0.3 is 5.32 Å². The Hall–Kier alpha value is -2.71. The minimum absolute atomic E-state index is 0.00997. The maximum absolute atomic E-state index is 11.9. The van der Waals surface area contributed by atoms with Crippen LogP contribution >= 0.6 is 0 Å². The molecule has 2 heterocycles. The van der Waals surface area contributed by atoms with Crippen LogP contribution in [0.15, 0.2) is 6.07 Å². The molecule has 0 aliphatic carbocycles. The zero-order valence-electron chi connectivity index (χ0n) is 13.7. The van der Waals surface area contributed by atoms with E-state index in [1.165, 1.54) is 4.68 Å². The van der Waals surface area contributed by atoms with Crippen LogP contribution < -0.4 is 5.32 Å². The van der Waals surface area contributed by atoms with Gasteiger partial charge in [0.05, 0.1) is 29.4 Å². The van der Waals surface area contributed by atoms with E-state index in [1.807, 2.05) is 20.0 Å². The minimum Gasteiger partial charge on any atom is -0.350 e. The average Bonchev–Trinajstić information content (AvgIpc) is 2.92. The van der Waals surface area contributed by atoms with E-state index >= 15 is 0 Å². The highest BCUT2D eigenvalue weighted by atomic mass is 16.6. The summed E-state index contributed by atoms with van der Waals surface area (Å²) >= 11 is 0. The van der Waals surface area contributed by atoms with Crippen molar-refractivity contribution in [3.05, 3.63) is 39.0 Å². The van der Waals surface area contributed by atoms with Gasteiger partial charge in [-0.3, -0.25) is 24.3 Å². The third-order valence-corrected chi connectivity index (χ3v) is 3.64. The van der Waals surface area contributed by atoms with Gasteiger partial charge in [0.1, 0.15) is 11.4 Å². The zero-order valence-corrected chi connectivity index (χ0v) is 13.7. The van der Waals surface area contributed by atoms with Gasteiger partial charge in [-0.1, -0.05) is 0 Å². The van der Waals surface area contributed by atoms with Gasteiger partial charge in [-0.05, 0) is 26.8 Å². The number of aryl methyl sites for hydroxylation is 4. The van der Waals surface area contributed by atoms with E-state index in [0.717, 1.165) is 11.4 Å². The fraction of sp³-hybridized carbons (Fsp3) is 0.500. The zero-order chi connectivity index (χ0) is 17.1. The van der Waals surface area contributed by atoms with Crippen molar-refractivity contribution in [3.8, 4) is 0 Å². The number of hydrogen-bond acceptors (Lipinski definition) is 5. The molecule has 0 saturated carbocycles. The van der Waals surface area contributed by atoms with Gasteiger partial charge in [-0.2, -0.15) is 10.2 Å². The second-order valence-electron chi connectivity index (χ2n) is 5.43. The van der Waals surface area contributed by atoms with Crippen molar-refractivity contribution < 1.29 is 9.72 Å². The van der Waals surface area contributed by atoms with Gasteiger partial charge in [0.25, 0.3) is 0 Å². The number of nitrogens with zero attached hydrogens (tertiary/aromatic N) is 5. The van der Waals surface area contributed by atoms with Crippen LogP contribution in [0.25, 0.3) is 0 Å². The average molecular weight is 320 g/mol. The van der Waals surface area contributed by atoms with Crippen molar-refractivity contribution in [3.63, 3.8) is 0 Å². The molecular formula is C14H20N6O3. The lowest BCUT2D eigenvalue weighted by molar-refractivity contribution is -0.386. The summed E-state index contributed by atoms with van der Waals surface area (Å²) in [6.45, 7) is 5.81. The third-order valence-electron chi connectivity index (χ3n) is 3.64. The van der Waals surface area contributed by atoms with Gasteiger partial charge in [0, 0.05) is 13.5 Å². The molecule has 0 aromatic carbocycles. The summed E-state index contributed by atoms with van der Waals surface area (Å²) in [7, 11) is 1.82. The van der Waals surface area contributed by atoms with Crippen molar-refractivity contribution in [1.29, 1.82) is 0 Å². The Morgan fingerprint density at radius 1 is 1.35 bits per heavy atom. The fourth-order valence-electron chi connectivity index (χ4n) is 2.48. The summed E-state index contributed by atoms with van der Waals surface area (Å²) in [6, 6.07) is 1.91. The lowest BCUT2D eigenvalue weighted by Crippen LogP contribution is -2.25. The summed E-state index contributed by atoms with van der Waals surface area (Å²) in [5.41, 5.74) is 2.64. The Bertz CT molecular complexity index is 746. The van der Waals surface area contributed by atoms with Crippen LogP contribution in [0.1, 0.15) is 29.2 Å². The molecule has 9 nitrogen and oxygen atoms in total. The molecule has 0 fully saturated rings. The summed E-state index contributed by atoms with van der Waals surface area (Å²) in [5, 5.41) is 22.1. The predicted octanol–water partition coefficient (Wildman–Crippen LogP) is 1.16. The highest BCUT2D eigenvalue weighted by Gasteiger charge is 2.21. The Kier molecular flexibility index (Phi) is 4.77. The van der Waals surface area contributed by atoms with Gasteiger partial charge in [-0.25, -0.2) is 0 Å². The van der Waals surface area contributed by atoms with E-state index in [-0.39, 0.29) is 18.0 Å². The lowest BCUT2D eigenvalue weighted by Gasteiger charge is -2.06. The maximum atomic E-state index is 11.9. The van der Waals surface area contributed by atoms with Crippen molar-refractivity contribution in [2.24, 2.45) is 7.05 Å². The Morgan fingerprint density at radius 2 is 2.04 bits per heavy atom. The van der Waals surface area contributed by atoms with Crippen molar-refractivity contribution >= 4 is 11.6 Å². The number of rotatable bonds is 6. The van der Waals surface area contributed by atoms with Crippen LogP contribution in [0.3, 0.4) is 0 Å². The van der Waals surface area contributed by atoms with Gasteiger partial charge >= 0.3 is 5.69 Å². The molecule has 124 valence electrons. The van der Waals surface area contributed by atoms with Gasteiger partial charge in [-0.15, -0.1) is 0 Å². The molecule has 0 radical (unpaired) electrons. The van der Waals surface area contributed by atoms with Crippen LogP contribution in [0.4, 0.5) is 5.69 Å². The molecular weight excluding hydrogens is 300 g/mol. The molecule has 0 unspecified atom stereocenters. The number of carbonyl (C=O) groups is 1. The number of nitrogens with one attached hydrogen (secondary N) is 1. The van der Waals surface area contributed by atoms with Gasteiger partial charge in [0.2, 0.25) is 5.91 Å². The van der Waals surface area contributed by atoms with E-state index in [2.05, 4.69) is 15.5 Å². The van der Waals surface area contributed by atoms with Crippen LogP contribution in [0, 0.1) is 30.9 Å². The molecule has 0 saturated heterocycles. The summed E-state index contributed by atoms with van der Waals surface area (Å²) in [5.74, 6) is -0.140. The molecule has 1 N–H and O–H groups in total. The standard InChI is InChI=1S/C14H20N6O3/c1-9-7-12(18(4)16-9)8-15-13(21)5-6-19-11(3)14(20(22)23)10(2)17-19/h7H,5-6,8H2,1-4H3,(H,15,21). The Morgan fingerprint density at radius 3 is 2.57 bits per heavy atom. The molecule has 2 aromatic rings. The van der Waals surface area contributed by atoms with Crippen LogP contribution in [0.5, 0.6) is 0 Å².